The summed E-state index contributed by atoms with van der Waals surface area (Å²) in [4.78, 5) is 27.7. The Morgan fingerprint density at radius 3 is 2.67 bits per heavy atom. The predicted octanol–water partition coefficient (Wildman–Crippen LogP) is 2.53. The molecule has 6 nitrogen and oxygen atoms in total. The molecule has 3 rings (SSSR count). The molecule has 2 N–H and O–H groups in total. The topological polar surface area (TPSA) is 88.5 Å². The zero-order chi connectivity index (χ0) is 19.4. The number of benzene rings is 1. The SMILES string of the molecule is O=C(O)c1csc(CCNC(=O)C2(c3ccc(F)cc3F)CCOCC2)n1. The molecule has 1 aliphatic heterocycles. The zero-order valence-electron chi connectivity index (χ0n) is 14.3. The first kappa shape index (κ1) is 19.4. The van der Waals surface area contributed by atoms with Crippen LogP contribution >= 0.6 is 11.3 Å². The fourth-order valence-corrected chi connectivity index (χ4v) is 3.96. The fraction of sp³-hybridized carbons (Fsp3) is 0.389. The number of halogens is 2. The maximum atomic E-state index is 14.4. The molecule has 0 bridgehead atoms. The van der Waals surface area contributed by atoms with Crippen molar-refractivity contribution in [3.63, 3.8) is 0 Å². The highest BCUT2D eigenvalue weighted by atomic mass is 32.1. The van der Waals surface area contributed by atoms with Gasteiger partial charge < -0.3 is 15.2 Å². The van der Waals surface area contributed by atoms with Gasteiger partial charge in [-0.1, -0.05) is 6.07 Å². The summed E-state index contributed by atoms with van der Waals surface area (Å²) in [6.07, 6.45) is 0.950. The summed E-state index contributed by atoms with van der Waals surface area (Å²) in [6, 6.07) is 3.24. The lowest BCUT2D eigenvalue weighted by molar-refractivity contribution is -0.130. The Kier molecular flexibility index (Phi) is 5.81. The van der Waals surface area contributed by atoms with E-state index in [2.05, 4.69) is 10.3 Å². The maximum absolute atomic E-state index is 14.4. The van der Waals surface area contributed by atoms with Crippen LogP contribution in [0.2, 0.25) is 0 Å². The quantitative estimate of drug-likeness (QED) is 0.783. The van der Waals surface area contributed by atoms with E-state index in [-0.39, 0.29) is 23.7 Å². The van der Waals surface area contributed by atoms with Crippen LogP contribution in [-0.4, -0.2) is 41.7 Å². The molecule has 2 heterocycles. The third-order valence-electron chi connectivity index (χ3n) is 4.62. The van der Waals surface area contributed by atoms with Gasteiger partial charge in [0, 0.05) is 43.2 Å². The van der Waals surface area contributed by atoms with Gasteiger partial charge >= 0.3 is 5.97 Å². The molecule has 9 heteroatoms. The van der Waals surface area contributed by atoms with E-state index in [4.69, 9.17) is 9.84 Å². The van der Waals surface area contributed by atoms with Crippen molar-refractivity contribution >= 4 is 23.2 Å². The second-order valence-electron chi connectivity index (χ2n) is 6.26. The normalized spacial score (nSPS) is 16.1. The van der Waals surface area contributed by atoms with Crippen LogP contribution in [0.5, 0.6) is 0 Å². The highest BCUT2D eigenvalue weighted by Gasteiger charge is 2.43. The van der Waals surface area contributed by atoms with E-state index in [9.17, 15) is 18.4 Å². The van der Waals surface area contributed by atoms with E-state index < -0.39 is 23.0 Å². The standard InChI is InChI=1S/C18H18F2N2O4S/c19-11-1-2-12(13(20)9-11)18(4-7-26-8-5-18)17(25)21-6-3-15-22-14(10-27-15)16(23)24/h1-2,9-10H,3-8H2,(H,21,25)(H,23,24). The lowest BCUT2D eigenvalue weighted by Gasteiger charge is -2.36. The number of aromatic nitrogens is 1. The molecule has 0 aliphatic carbocycles. The minimum absolute atomic E-state index is 0.0318. The predicted molar refractivity (Wildman–Crippen MR) is 93.9 cm³/mol. The Bertz CT molecular complexity index is 850. The first-order valence-electron chi connectivity index (χ1n) is 8.42. The van der Waals surface area contributed by atoms with Gasteiger partial charge in [0.1, 0.15) is 11.6 Å². The van der Waals surface area contributed by atoms with Crippen LogP contribution in [0.3, 0.4) is 0 Å². The van der Waals surface area contributed by atoms with Crippen molar-refractivity contribution in [2.45, 2.75) is 24.7 Å². The molecule has 0 spiro atoms. The largest absolute Gasteiger partial charge is 0.476 e. The molecule has 27 heavy (non-hydrogen) atoms. The number of hydrogen-bond donors (Lipinski definition) is 2. The first-order chi connectivity index (χ1) is 12.9. The maximum Gasteiger partial charge on any atom is 0.355 e. The number of carbonyl (C=O) groups is 2. The molecule has 1 aliphatic rings. The van der Waals surface area contributed by atoms with Gasteiger partial charge in [-0.2, -0.15) is 0 Å². The smallest absolute Gasteiger partial charge is 0.355 e. The summed E-state index contributed by atoms with van der Waals surface area (Å²) in [5.74, 6) is -2.91. The minimum atomic E-state index is -1.12. The van der Waals surface area contributed by atoms with E-state index in [0.29, 0.717) is 37.5 Å². The van der Waals surface area contributed by atoms with Crippen LogP contribution in [0.25, 0.3) is 0 Å². The molecule has 1 aromatic carbocycles. The van der Waals surface area contributed by atoms with Gasteiger partial charge in [0.15, 0.2) is 5.69 Å². The highest BCUT2D eigenvalue weighted by molar-refractivity contribution is 7.09. The number of carboxylic acid groups (broad SMARTS) is 1. The average Bonchev–Trinajstić information content (AvgIpc) is 3.11. The Hall–Kier alpha value is -2.39. The molecule has 2 aromatic rings. The Balaban J connectivity index is 1.72. The number of nitrogens with one attached hydrogen (secondary N) is 1. The lowest BCUT2D eigenvalue weighted by atomic mass is 9.73. The Labute approximate surface area is 158 Å². The van der Waals surface area contributed by atoms with Crippen molar-refractivity contribution in [2.24, 2.45) is 0 Å². The molecule has 1 amide bonds. The number of hydrogen-bond acceptors (Lipinski definition) is 5. The zero-order valence-corrected chi connectivity index (χ0v) is 15.2. The molecule has 1 saturated heterocycles. The summed E-state index contributed by atoms with van der Waals surface area (Å²) in [6.45, 7) is 0.841. The summed E-state index contributed by atoms with van der Waals surface area (Å²) >= 11 is 1.20. The summed E-state index contributed by atoms with van der Waals surface area (Å²) in [5, 5.41) is 13.7. The summed E-state index contributed by atoms with van der Waals surface area (Å²) in [7, 11) is 0. The van der Waals surface area contributed by atoms with Crippen molar-refractivity contribution in [1.82, 2.24) is 10.3 Å². The van der Waals surface area contributed by atoms with Gasteiger partial charge in [-0.25, -0.2) is 18.6 Å². The molecule has 0 radical (unpaired) electrons. The number of aromatic carboxylic acids is 1. The van der Waals surface area contributed by atoms with Crippen LogP contribution in [0.15, 0.2) is 23.6 Å². The number of thiazole rings is 1. The van der Waals surface area contributed by atoms with Gasteiger partial charge in [-0.15, -0.1) is 11.3 Å². The number of ether oxygens (including phenoxy) is 1. The van der Waals surface area contributed by atoms with Crippen LogP contribution in [0.4, 0.5) is 8.78 Å². The number of nitrogens with zero attached hydrogens (tertiary/aromatic N) is 1. The third-order valence-corrected chi connectivity index (χ3v) is 5.53. The van der Waals surface area contributed by atoms with Crippen molar-refractivity contribution < 1.29 is 28.2 Å². The van der Waals surface area contributed by atoms with Gasteiger partial charge in [0.2, 0.25) is 5.91 Å². The van der Waals surface area contributed by atoms with E-state index in [0.717, 1.165) is 12.1 Å². The highest BCUT2D eigenvalue weighted by Crippen LogP contribution is 2.37. The fourth-order valence-electron chi connectivity index (χ4n) is 3.19. The van der Waals surface area contributed by atoms with Crippen LogP contribution in [0.1, 0.15) is 33.9 Å². The summed E-state index contributed by atoms with van der Waals surface area (Å²) < 4.78 is 33.0. The van der Waals surface area contributed by atoms with Gasteiger partial charge in [-0.3, -0.25) is 4.79 Å². The van der Waals surface area contributed by atoms with E-state index in [1.807, 2.05) is 0 Å². The number of amides is 1. The number of carbonyl (C=O) groups excluding carboxylic acids is 1. The third kappa shape index (κ3) is 4.14. The first-order valence-corrected chi connectivity index (χ1v) is 9.29. The Morgan fingerprint density at radius 1 is 1.30 bits per heavy atom. The monoisotopic (exact) mass is 396 g/mol. The van der Waals surface area contributed by atoms with Crippen LogP contribution < -0.4 is 5.32 Å². The van der Waals surface area contributed by atoms with Gasteiger partial charge in [0.25, 0.3) is 0 Å². The van der Waals surface area contributed by atoms with Crippen molar-refractivity contribution in [2.75, 3.05) is 19.8 Å². The van der Waals surface area contributed by atoms with Crippen molar-refractivity contribution in [1.29, 1.82) is 0 Å². The van der Waals surface area contributed by atoms with E-state index in [1.165, 1.54) is 22.8 Å². The lowest BCUT2D eigenvalue weighted by Crippen LogP contribution is -2.49. The number of carboxylic acids is 1. The van der Waals surface area contributed by atoms with Crippen LogP contribution in [-0.2, 0) is 21.4 Å². The molecule has 0 atom stereocenters. The molecule has 0 saturated carbocycles. The Morgan fingerprint density at radius 2 is 2.04 bits per heavy atom. The number of rotatable bonds is 6. The second-order valence-corrected chi connectivity index (χ2v) is 7.20. The van der Waals surface area contributed by atoms with Gasteiger partial charge in [0.05, 0.1) is 10.4 Å². The van der Waals surface area contributed by atoms with Crippen molar-refractivity contribution in [3.05, 3.63) is 51.5 Å². The molecule has 144 valence electrons. The minimum Gasteiger partial charge on any atom is -0.476 e. The average molecular weight is 396 g/mol. The molecular formula is C18H18F2N2O4S. The second kappa shape index (κ2) is 8.10. The molecular weight excluding hydrogens is 378 g/mol. The molecule has 1 aromatic heterocycles. The van der Waals surface area contributed by atoms with Gasteiger partial charge in [-0.05, 0) is 18.9 Å². The van der Waals surface area contributed by atoms with E-state index >= 15 is 0 Å². The molecule has 1 fully saturated rings. The van der Waals surface area contributed by atoms with E-state index in [1.54, 1.807) is 0 Å². The summed E-state index contributed by atoms with van der Waals surface area (Å²) in [5.41, 5.74) is -0.992. The van der Waals surface area contributed by atoms with Crippen LogP contribution in [0, 0.1) is 11.6 Å². The molecule has 0 unspecified atom stereocenters. The van der Waals surface area contributed by atoms with Crippen molar-refractivity contribution in [3.8, 4) is 0 Å².